The van der Waals surface area contributed by atoms with E-state index in [1.807, 2.05) is 24.3 Å². The Hall–Kier alpha value is -0.910. The third kappa shape index (κ3) is 6.07. The number of hydrogen-bond donors (Lipinski definition) is 0. The van der Waals surface area contributed by atoms with Crippen molar-refractivity contribution in [3.05, 3.63) is 57.5 Å². The first-order valence-electron chi connectivity index (χ1n) is 7.20. The lowest BCUT2D eigenvalue weighted by molar-refractivity contribution is -0.01000. The standard InChI is InChI=1S/C17H18Br2O3/c18-16(19)10-9-14-7-4-8-15(22-14)11-12-21-17(20)13-5-2-1-3-6-13/h1-7,10,14-15H,8-9,11-12H2/t14-,15-/m0/s1. The van der Waals surface area contributed by atoms with E-state index < -0.39 is 0 Å². The van der Waals surface area contributed by atoms with E-state index in [9.17, 15) is 4.79 Å². The SMILES string of the molecule is O=C(OCC[C@@H]1CC=C[C@@H](CC=C(Br)Br)O1)c1ccccc1. The Kier molecular flexibility index (Phi) is 7.36. The van der Waals surface area contributed by atoms with Crippen molar-refractivity contribution in [3.8, 4) is 0 Å². The normalized spacial score (nSPS) is 20.5. The second kappa shape index (κ2) is 9.28. The van der Waals surface area contributed by atoms with Gasteiger partial charge in [0.25, 0.3) is 0 Å². The fourth-order valence-electron chi connectivity index (χ4n) is 2.20. The van der Waals surface area contributed by atoms with E-state index in [2.05, 4.69) is 44.0 Å². The highest BCUT2D eigenvalue weighted by atomic mass is 79.9. The Morgan fingerprint density at radius 3 is 2.82 bits per heavy atom. The molecule has 0 amide bonds. The van der Waals surface area contributed by atoms with Gasteiger partial charge in [-0.3, -0.25) is 0 Å². The van der Waals surface area contributed by atoms with Crippen LogP contribution in [0.2, 0.25) is 0 Å². The van der Waals surface area contributed by atoms with Crippen LogP contribution in [0.3, 0.4) is 0 Å². The van der Waals surface area contributed by atoms with E-state index in [1.54, 1.807) is 12.1 Å². The maximum atomic E-state index is 11.8. The number of ether oxygens (including phenoxy) is 2. The number of carbonyl (C=O) groups excluding carboxylic acids is 1. The Morgan fingerprint density at radius 1 is 1.32 bits per heavy atom. The highest BCUT2D eigenvalue weighted by Crippen LogP contribution is 2.21. The molecule has 2 rings (SSSR count). The third-order valence-electron chi connectivity index (χ3n) is 3.30. The lowest BCUT2D eigenvalue weighted by Gasteiger charge is -2.25. The van der Waals surface area contributed by atoms with Crippen molar-refractivity contribution in [2.45, 2.75) is 31.5 Å². The molecule has 3 nitrogen and oxygen atoms in total. The minimum absolute atomic E-state index is 0.0775. The minimum Gasteiger partial charge on any atom is -0.462 e. The zero-order valence-corrected chi connectivity index (χ0v) is 15.3. The largest absolute Gasteiger partial charge is 0.462 e. The quantitative estimate of drug-likeness (QED) is 0.473. The molecular formula is C17H18Br2O3. The second-order valence-electron chi connectivity index (χ2n) is 4.98. The van der Waals surface area contributed by atoms with E-state index in [4.69, 9.17) is 9.47 Å². The van der Waals surface area contributed by atoms with Gasteiger partial charge in [-0.2, -0.15) is 0 Å². The van der Waals surface area contributed by atoms with E-state index in [0.717, 1.165) is 16.2 Å². The number of halogens is 2. The predicted octanol–water partition coefficient (Wildman–Crippen LogP) is 4.97. The first kappa shape index (κ1) is 17.4. The van der Waals surface area contributed by atoms with Crippen LogP contribution in [-0.4, -0.2) is 24.8 Å². The summed E-state index contributed by atoms with van der Waals surface area (Å²) in [6.45, 7) is 0.372. The molecule has 1 aliphatic heterocycles. The van der Waals surface area contributed by atoms with E-state index >= 15 is 0 Å². The molecule has 0 unspecified atom stereocenters. The first-order valence-corrected chi connectivity index (χ1v) is 8.79. The van der Waals surface area contributed by atoms with Crippen LogP contribution < -0.4 is 0 Å². The summed E-state index contributed by atoms with van der Waals surface area (Å²) in [5.41, 5.74) is 0.581. The minimum atomic E-state index is -0.283. The van der Waals surface area contributed by atoms with Crippen molar-refractivity contribution < 1.29 is 14.3 Å². The molecular weight excluding hydrogens is 412 g/mol. The number of hydrogen-bond acceptors (Lipinski definition) is 3. The molecule has 1 aliphatic rings. The van der Waals surface area contributed by atoms with E-state index in [-0.39, 0.29) is 18.2 Å². The summed E-state index contributed by atoms with van der Waals surface area (Å²) < 4.78 is 12.2. The van der Waals surface area contributed by atoms with Crippen LogP contribution in [-0.2, 0) is 9.47 Å². The molecule has 118 valence electrons. The van der Waals surface area contributed by atoms with Crippen LogP contribution in [0, 0.1) is 0 Å². The molecule has 1 aromatic carbocycles. The molecule has 22 heavy (non-hydrogen) atoms. The van der Waals surface area contributed by atoms with E-state index in [1.165, 1.54) is 0 Å². The lowest BCUT2D eigenvalue weighted by Crippen LogP contribution is -2.25. The predicted molar refractivity (Wildman–Crippen MR) is 94.3 cm³/mol. The van der Waals surface area contributed by atoms with Gasteiger partial charge < -0.3 is 9.47 Å². The molecule has 5 heteroatoms. The smallest absolute Gasteiger partial charge is 0.338 e. The van der Waals surface area contributed by atoms with Crippen LogP contribution in [0.25, 0.3) is 0 Å². The maximum Gasteiger partial charge on any atom is 0.338 e. The summed E-state index contributed by atoms with van der Waals surface area (Å²) in [5.74, 6) is -0.283. The molecule has 0 N–H and O–H groups in total. The molecule has 0 bridgehead atoms. The number of esters is 1. The summed E-state index contributed by atoms with van der Waals surface area (Å²) in [5, 5.41) is 0. The summed E-state index contributed by atoms with van der Waals surface area (Å²) in [6.07, 6.45) is 8.78. The monoisotopic (exact) mass is 428 g/mol. The van der Waals surface area contributed by atoms with Gasteiger partial charge in [-0.25, -0.2) is 4.79 Å². The molecule has 1 aromatic rings. The lowest BCUT2D eigenvalue weighted by atomic mass is 10.1. The van der Waals surface area contributed by atoms with Gasteiger partial charge in [-0.1, -0.05) is 36.4 Å². The molecule has 1 heterocycles. The molecule has 0 radical (unpaired) electrons. The van der Waals surface area contributed by atoms with Crippen LogP contribution >= 0.6 is 31.9 Å². The van der Waals surface area contributed by atoms with Crippen molar-refractivity contribution in [2.75, 3.05) is 6.61 Å². The summed E-state index contributed by atoms with van der Waals surface area (Å²) in [7, 11) is 0. The topological polar surface area (TPSA) is 35.5 Å². The summed E-state index contributed by atoms with van der Waals surface area (Å²) in [6, 6.07) is 9.03. The molecule has 0 aromatic heterocycles. The average molecular weight is 430 g/mol. The van der Waals surface area contributed by atoms with Crippen LogP contribution in [0.15, 0.2) is 52.0 Å². The fourth-order valence-corrected chi connectivity index (χ4v) is 2.57. The highest BCUT2D eigenvalue weighted by Gasteiger charge is 2.18. The highest BCUT2D eigenvalue weighted by molar-refractivity contribution is 9.28. The number of benzene rings is 1. The van der Waals surface area contributed by atoms with Gasteiger partial charge in [0.05, 0.1) is 27.8 Å². The van der Waals surface area contributed by atoms with Crippen molar-refractivity contribution in [3.63, 3.8) is 0 Å². The summed E-state index contributed by atoms with van der Waals surface area (Å²) >= 11 is 6.67. The van der Waals surface area contributed by atoms with Gasteiger partial charge in [-0.05, 0) is 56.8 Å². The van der Waals surface area contributed by atoms with Gasteiger partial charge >= 0.3 is 5.97 Å². The second-order valence-corrected chi connectivity index (χ2v) is 7.75. The van der Waals surface area contributed by atoms with Gasteiger partial charge in [0.2, 0.25) is 0 Å². The van der Waals surface area contributed by atoms with Gasteiger partial charge in [-0.15, -0.1) is 0 Å². The number of carbonyl (C=O) groups is 1. The fraction of sp³-hybridized carbons (Fsp3) is 0.353. The van der Waals surface area contributed by atoms with Crippen LogP contribution in [0.5, 0.6) is 0 Å². The van der Waals surface area contributed by atoms with Crippen molar-refractivity contribution in [1.29, 1.82) is 0 Å². The van der Waals surface area contributed by atoms with Crippen LogP contribution in [0.1, 0.15) is 29.6 Å². The Bertz CT molecular complexity index is 536. The molecule has 0 fully saturated rings. The number of rotatable bonds is 6. The third-order valence-corrected chi connectivity index (χ3v) is 3.95. The van der Waals surface area contributed by atoms with Crippen molar-refractivity contribution >= 4 is 37.8 Å². The Morgan fingerprint density at radius 2 is 2.09 bits per heavy atom. The van der Waals surface area contributed by atoms with Crippen LogP contribution in [0.4, 0.5) is 0 Å². The van der Waals surface area contributed by atoms with Gasteiger partial charge in [0.15, 0.2) is 0 Å². The van der Waals surface area contributed by atoms with Gasteiger partial charge in [0.1, 0.15) is 0 Å². The maximum absolute atomic E-state index is 11.8. The van der Waals surface area contributed by atoms with E-state index in [0.29, 0.717) is 18.6 Å². The average Bonchev–Trinajstić information content (AvgIpc) is 2.54. The summed E-state index contributed by atoms with van der Waals surface area (Å²) in [4.78, 5) is 11.8. The molecule has 0 spiro atoms. The molecule has 0 aliphatic carbocycles. The molecule has 0 saturated heterocycles. The molecule has 0 saturated carbocycles. The zero-order chi connectivity index (χ0) is 15.8. The van der Waals surface area contributed by atoms with Gasteiger partial charge in [0, 0.05) is 6.42 Å². The van der Waals surface area contributed by atoms with Crippen molar-refractivity contribution in [1.82, 2.24) is 0 Å². The molecule has 2 atom stereocenters. The Labute approximate surface area is 147 Å². The first-order chi connectivity index (χ1) is 10.6. The van der Waals surface area contributed by atoms with Crippen molar-refractivity contribution in [2.24, 2.45) is 0 Å². The Balaban J connectivity index is 1.72. The zero-order valence-electron chi connectivity index (χ0n) is 12.1.